The summed E-state index contributed by atoms with van der Waals surface area (Å²) in [6.45, 7) is 1.88. The molecule has 0 aliphatic heterocycles. The standard InChI is InChI=1S/C16H16O3/c1-11(19-2)13-8-9-14(15(17)10-13)16(18)12-6-4-3-5-7-12/h3-11,17H,1-2H3. The lowest BCUT2D eigenvalue weighted by Crippen LogP contribution is -2.03. The van der Waals surface area contributed by atoms with E-state index in [-0.39, 0.29) is 17.6 Å². The molecule has 0 amide bonds. The molecule has 0 aliphatic rings. The van der Waals surface area contributed by atoms with Gasteiger partial charge in [0.2, 0.25) is 0 Å². The fourth-order valence-electron chi connectivity index (χ4n) is 1.87. The van der Waals surface area contributed by atoms with Gasteiger partial charge in [0.15, 0.2) is 5.78 Å². The van der Waals surface area contributed by atoms with Gasteiger partial charge in [-0.3, -0.25) is 4.79 Å². The molecule has 2 aromatic carbocycles. The van der Waals surface area contributed by atoms with Crippen molar-refractivity contribution in [3.05, 3.63) is 65.2 Å². The minimum absolute atomic E-state index is 0.0183. The molecule has 2 rings (SSSR count). The molecule has 0 aromatic heterocycles. The Kier molecular flexibility index (Phi) is 3.97. The van der Waals surface area contributed by atoms with Crippen LogP contribution >= 0.6 is 0 Å². The van der Waals surface area contributed by atoms with Crippen LogP contribution in [0.4, 0.5) is 0 Å². The van der Waals surface area contributed by atoms with Crippen LogP contribution in [0.3, 0.4) is 0 Å². The number of hydrogen-bond donors (Lipinski definition) is 1. The van der Waals surface area contributed by atoms with Crippen LogP contribution < -0.4 is 0 Å². The van der Waals surface area contributed by atoms with Crippen LogP contribution in [-0.2, 0) is 4.74 Å². The fourth-order valence-corrected chi connectivity index (χ4v) is 1.87. The van der Waals surface area contributed by atoms with Gasteiger partial charge in [-0.15, -0.1) is 0 Å². The fraction of sp³-hybridized carbons (Fsp3) is 0.188. The van der Waals surface area contributed by atoms with E-state index in [2.05, 4.69) is 0 Å². The largest absolute Gasteiger partial charge is 0.507 e. The Morgan fingerprint density at radius 2 is 1.84 bits per heavy atom. The highest BCUT2D eigenvalue weighted by Gasteiger charge is 2.15. The van der Waals surface area contributed by atoms with Crippen molar-refractivity contribution in [1.29, 1.82) is 0 Å². The Bertz CT molecular complexity index is 576. The summed E-state index contributed by atoms with van der Waals surface area (Å²) in [6.07, 6.45) is -0.119. The first kappa shape index (κ1) is 13.3. The molecule has 0 fully saturated rings. The number of carbonyl (C=O) groups is 1. The van der Waals surface area contributed by atoms with Crippen molar-refractivity contribution >= 4 is 5.78 Å². The van der Waals surface area contributed by atoms with E-state index >= 15 is 0 Å². The summed E-state index contributed by atoms with van der Waals surface area (Å²) in [5.74, 6) is -0.204. The van der Waals surface area contributed by atoms with Crippen LogP contribution in [0.25, 0.3) is 0 Å². The van der Waals surface area contributed by atoms with Gasteiger partial charge in [-0.1, -0.05) is 36.4 Å². The van der Waals surface area contributed by atoms with Crippen molar-refractivity contribution in [3.63, 3.8) is 0 Å². The molecule has 0 aliphatic carbocycles. The van der Waals surface area contributed by atoms with Crippen LogP contribution in [0, 0.1) is 0 Å². The third kappa shape index (κ3) is 2.83. The third-order valence-corrected chi connectivity index (χ3v) is 3.13. The first-order valence-electron chi connectivity index (χ1n) is 6.09. The molecule has 98 valence electrons. The molecule has 1 atom stereocenters. The first-order chi connectivity index (χ1) is 9.13. The Hall–Kier alpha value is -2.13. The highest BCUT2D eigenvalue weighted by molar-refractivity contribution is 6.10. The zero-order valence-corrected chi connectivity index (χ0v) is 11.0. The average molecular weight is 256 g/mol. The van der Waals surface area contributed by atoms with Crippen LogP contribution in [0.1, 0.15) is 34.5 Å². The second kappa shape index (κ2) is 5.67. The van der Waals surface area contributed by atoms with Gasteiger partial charge in [0.05, 0.1) is 11.7 Å². The molecule has 3 heteroatoms. The molecule has 0 radical (unpaired) electrons. The Balaban J connectivity index is 2.34. The van der Waals surface area contributed by atoms with E-state index < -0.39 is 0 Å². The minimum Gasteiger partial charge on any atom is -0.507 e. The number of rotatable bonds is 4. The van der Waals surface area contributed by atoms with Gasteiger partial charge in [-0.2, -0.15) is 0 Å². The molecule has 2 aromatic rings. The molecular weight excluding hydrogens is 240 g/mol. The summed E-state index contributed by atoms with van der Waals surface area (Å²) in [6, 6.07) is 13.9. The summed E-state index contributed by atoms with van der Waals surface area (Å²) in [5, 5.41) is 9.99. The Morgan fingerprint density at radius 3 is 2.42 bits per heavy atom. The van der Waals surface area contributed by atoms with Gasteiger partial charge >= 0.3 is 0 Å². The molecule has 3 nitrogen and oxygen atoms in total. The van der Waals surface area contributed by atoms with Crippen LogP contribution in [0.15, 0.2) is 48.5 Å². The van der Waals surface area contributed by atoms with Crippen molar-refractivity contribution in [2.75, 3.05) is 7.11 Å². The number of ketones is 1. The zero-order chi connectivity index (χ0) is 13.8. The lowest BCUT2D eigenvalue weighted by Gasteiger charge is -2.11. The number of carbonyl (C=O) groups excluding carboxylic acids is 1. The lowest BCUT2D eigenvalue weighted by molar-refractivity contribution is 0.103. The lowest BCUT2D eigenvalue weighted by atomic mass is 9.99. The topological polar surface area (TPSA) is 46.5 Å². The molecule has 19 heavy (non-hydrogen) atoms. The normalized spacial score (nSPS) is 12.1. The predicted octanol–water partition coefficient (Wildman–Crippen LogP) is 3.33. The van der Waals surface area contributed by atoms with E-state index in [1.54, 1.807) is 49.6 Å². The molecule has 1 N–H and O–H groups in total. The smallest absolute Gasteiger partial charge is 0.196 e. The van der Waals surface area contributed by atoms with E-state index in [1.165, 1.54) is 0 Å². The van der Waals surface area contributed by atoms with Crippen molar-refractivity contribution in [2.24, 2.45) is 0 Å². The second-order valence-corrected chi connectivity index (χ2v) is 4.35. The molecule has 0 saturated carbocycles. The maximum absolute atomic E-state index is 12.2. The highest BCUT2D eigenvalue weighted by atomic mass is 16.5. The van der Waals surface area contributed by atoms with Crippen LogP contribution in [0.2, 0.25) is 0 Å². The maximum Gasteiger partial charge on any atom is 0.196 e. The SMILES string of the molecule is COC(C)c1ccc(C(=O)c2ccccc2)c(O)c1. The number of benzene rings is 2. The second-order valence-electron chi connectivity index (χ2n) is 4.35. The van der Waals surface area contributed by atoms with Crippen molar-refractivity contribution in [2.45, 2.75) is 13.0 Å². The first-order valence-corrected chi connectivity index (χ1v) is 6.09. The summed E-state index contributed by atoms with van der Waals surface area (Å²) < 4.78 is 5.18. The van der Waals surface area contributed by atoms with Gasteiger partial charge < -0.3 is 9.84 Å². The number of aromatic hydroxyl groups is 1. The van der Waals surface area contributed by atoms with Crippen LogP contribution in [0.5, 0.6) is 5.75 Å². The van der Waals surface area contributed by atoms with Gasteiger partial charge in [0, 0.05) is 12.7 Å². The molecule has 0 heterocycles. The van der Waals surface area contributed by atoms with Crippen molar-refractivity contribution in [3.8, 4) is 5.75 Å². The zero-order valence-electron chi connectivity index (χ0n) is 11.0. The summed E-state index contributed by atoms with van der Waals surface area (Å²) in [7, 11) is 1.60. The number of ether oxygens (including phenoxy) is 1. The molecular formula is C16H16O3. The van der Waals surface area contributed by atoms with E-state index in [9.17, 15) is 9.90 Å². The van der Waals surface area contributed by atoms with Crippen LogP contribution in [-0.4, -0.2) is 18.0 Å². The summed E-state index contributed by atoms with van der Waals surface area (Å²) >= 11 is 0. The average Bonchev–Trinajstić information content (AvgIpc) is 2.46. The molecule has 0 bridgehead atoms. The van der Waals surface area contributed by atoms with Crippen molar-refractivity contribution < 1.29 is 14.6 Å². The molecule has 0 saturated heterocycles. The number of phenolic OH excluding ortho intramolecular Hbond substituents is 1. The number of phenols is 1. The third-order valence-electron chi connectivity index (χ3n) is 3.13. The van der Waals surface area contributed by atoms with E-state index in [1.807, 2.05) is 13.0 Å². The Labute approximate surface area is 112 Å². The summed E-state index contributed by atoms with van der Waals surface area (Å²) in [5.41, 5.74) is 1.70. The van der Waals surface area contributed by atoms with E-state index in [0.717, 1.165) is 5.56 Å². The summed E-state index contributed by atoms with van der Waals surface area (Å²) in [4.78, 5) is 12.2. The monoisotopic (exact) mass is 256 g/mol. The van der Waals surface area contributed by atoms with E-state index in [4.69, 9.17) is 4.74 Å². The maximum atomic E-state index is 12.2. The van der Waals surface area contributed by atoms with Gasteiger partial charge in [-0.05, 0) is 24.6 Å². The molecule has 0 spiro atoms. The minimum atomic E-state index is -0.185. The van der Waals surface area contributed by atoms with E-state index in [0.29, 0.717) is 11.1 Å². The molecule has 1 unspecified atom stereocenters. The van der Waals surface area contributed by atoms with Gasteiger partial charge in [-0.25, -0.2) is 0 Å². The quantitative estimate of drug-likeness (QED) is 0.853. The highest BCUT2D eigenvalue weighted by Crippen LogP contribution is 2.26. The van der Waals surface area contributed by atoms with Gasteiger partial charge in [0.25, 0.3) is 0 Å². The predicted molar refractivity (Wildman–Crippen MR) is 73.4 cm³/mol. The number of methoxy groups -OCH3 is 1. The Morgan fingerprint density at radius 1 is 1.16 bits per heavy atom. The number of hydrogen-bond acceptors (Lipinski definition) is 3. The van der Waals surface area contributed by atoms with Crippen molar-refractivity contribution in [1.82, 2.24) is 0 Å². The van der Waals surface area contributed by atoms with Gasteiger partial charge in [0.1, 0.15) is 5.75 Å².